The molecule has 8 heteroatoms. The molecule has 3 rings (SSSR count). The van der Waals surface area contributed by atoms with Gasteiger partial charge in [0.05, 0.1) is 0 Å². The van der Waals surface area contributed by atoms with Crippen LogP contribution in [0, 0.1) is 17.2 Å². The number of fused-ring (bicyclic) bond motifs is 1. The van der Waals surface area contributed by atoms with Crippen molar-refractivity contribution in [2.24, 2.45) is 0 Å². The molecule has 0 aliphatic carbocycles. The van der Waals surface area contributed by atoms with Gasteiger partial charge in [-0.15, -0.1) is 0 Å². The first-order valence-corrected chi connectivity index (χ1v) is 10.9. The van der Waals surface area contributed by atoms with Crippen LogP contribution >= 0.6 is 0 Å². The van der Waals surface area contributed by atoms with Gasteiger partial charge in [0.15, 0.2) is 0 Å². The van der Waals surface area contributed by atoms with Gasteiger partial charge < -0.3 is 0 Å². The summed E-state index contributed by atoms with van der Waals surface area (Å²) in [6.07, 6.45) is 0. The molecule has 0 saturated carbocycles. The molecule has 0 radical (unpaired) electrons. The molecule has 0 amide bonds. The number of ether oxygens (including phenoxy) is 2. The van der Waals surface area contributed by atoms with Gasteiger partial charge in [-0.2, -0.15) is 0 Å². The topological polar surface area (TPSA) is 88.3 Å². The predicted octanol–water partition coefficient (Wildman–Crippen LogP) is 3.48. The van der Waals surface area contributed by atoms with Crippen LogP contribution in [-0.4, -0.2) is 51.7 Å². The number of anilines is 2. The van der Waals surface area contributed by atoms with Crippen molar-refractivity contribution in [3.63, 3.8) is 0 Å². The minimum absolute atomic E-state index is 0.182. The average Bonchev–Trinajstić information content (AvgIpc) is 2.75. The van der Waals surface area contributed by atoms with Gasteiger partial charge in [-0.25, -0.2) is 0 Å². The van der Waals surface area contributed by atoms with E-state index >= 15 is 0 Å². The van der Waals surface area contributed by atoms with E-state index in [-0.39, 0.29) is 21.6 Å². The third kappa shape index (κ3) is 4.65. The molecular formula is C21H20N4O3Se. The fourth-order valence-electron chi connectivity index (χ4n) is 2.91. The molecule has 0 aliphatic heterocycles. The molecule has 0 N–H and O–H groups in total. The molecule has 3 aromatic rings. The van der Waals surface area contributed by atoms with E-state index in [1.165, 1.54) is 7.11 Å². The summed E-state index contributed by atoms with van der Waals surface area (Å²) in [7, 11) is 3.40. The first-order valence-electron chi connectivity index (χ1n) is 8.88. The van der Waals surface area contributed by atoms with Crippen LogP contribution in [0.1, 0.15) is 16.2 Å². The molecule has 0 fully saturated rings. The van der Waals surface area contributed by atoms with Crippen molar-refractivity contribution in [1.29, 1.82) is 5.26 Å². The van der Waals surface area contributed by atoms with Crippen LogP contribution in [-0.2, 0) is 4.74 Å². The molecule has 0 atom stereocenters. The number of nitrogens with zero attached hydrogens (tertiary/aromatic N) is 4. The van der Waals surface area contributed by atoms with Crippen LogP contribution in [0.5, 0.6) is 5.75 Å². The van der Waals surface area contributed by atoms with Crippen molar-refractivity contribution < 1.29 is 14.3 Å². The SMILES string of the molecule is COc1ccc(N(C)c2nc(C)nc3ccccc23)cc1C(=O)OCC[Se]C#N. The normalized spacial score (nSPS) is 10.4. The second-order valence-electron chi connectivity index (χ2n) is 6.13. The quantitative estimate of drug-likeness (QED) is 0.306. The molecule has 29 heavy (non-hydrogen) atoms. The second-order valence-corrected chi connectivity index (χ2v) is 7.98. The minimum atomic E-state index is -0.477. The van der Waals surface area contributed by atoms with Crippen LogP contribution < -0.4 is 9.64 Å². The molecule has 148 valence electrons. The number of rotatable bonds is 7. The van der Waals surface area contributed by atoms with Crippen molar-refractivity contribution in [2.45, 2.75) is 12.2 Å². The van der Waals surface area contributed by atoms with Gasteiger partial charge in [-0.05, 0) is 0 Å². The van der Waals surface area contributed by atoms with Crippen LogP contribution in [0.25, 0.3) is 10.9 Å². The van der Waals surface area contributed by atoms with Crippen molar-refractivity contribution in [3.05, 3.63) is 53.9 Å². The Bertz CT molecular complexity index is 1080. The van der Waals surface area contributed by atoms with E-state index in [0.717, 1.165) is 22.4 Å². The number of nitriles is 1. The standard InChI is InChI=1S/C21H20N4O3Se/c1-14-23-18-7-5-4-6-16(18)20(24-14)25(2)15-8-9-19(27-3)17(12-15)21(26)28-10-11-29-13-22/h4-9,12H,10-11H2,1-3H3. The van der Waals surface area contributed by atoms with E-state index in [0.29, 0.717) is 22.5 Å². The molecule has 1 aromatic heterocycles. The zero-order valence-electron chi connectivity index (χ0n) is 16.4. The van der Waals surface area contributed by atoms with Gasteiger partial charge in [0.2, 0.25) is 0 Å². The fraction of sp³-hybridized carbons (Fsp3) is 0.238. The Morgan fingerprint density at radius 3 is 2.79 bits per heavy atom. The Morgan fingerprint density at radius 2 is 2.03 bits per heavy atom. The third-order valence-corrected chi connectivity index (χ3v) is 5.33. The maximum atomic E-state index is 12.5. The van der Waals surface area contributed by atoms with Crippen molar-refractivity contribution in [1.82, 2.24) is 9.97 Å². The van der Waals surface area contributed by atoms with E-state index in [1.54, 1.807) is 12.1 Å². The number of benzene rings is 2. The fourth-order valence-corrected chi connectivity index (χ4v) is 3.46. The summed E-state index contributed by atoms with van der Waals surface area (Å²) in [5.41, 5.74) is 1.95. The van der Waals surface area contributed by atoms with Gasteiger partial charge in [-0.3, -0.25) is 0 Å². The van der Waals surface area contributed by atoms with Crippen molar-refractivity contribution >= 4 is 43.3 Å². The Kier molecular flexibility index (Phi) is 6.65. The zero-order chi connectivity index (χ0) is 20.8. The monoisotopic (exact) mass is 456 g/mol. The summed E-state index contributed by atoms with van der Waals surface area (Å²) < 4.78 is 10.6. The van der Waals surface area contributed by atoms with Gasteiger partial charge in [0.1, 0.15) is 0 Å². The van der Waals surface area contributed by atoms with Crippen LogP contribution in [0.15, 0.2) is 42.5 Å². The Hall–Kier alpha value is -3.14. The van der Waals surface area contributed by atoms with Crippen LogP contribution in [0.4, 0.5) is 11.5 Å². The number of esters is 1. The molecule has 0 aliphatic rings. The number of carbonyl (C=O) groups is 1. The van der Waals surface area contributed by atoms with E-state index in [2.05, 4.69) is 14.9 Å². The summed E-state index contributed by atoms with van der Waals surface area (Å²) in [6.45, 7) is 2.06. The number of para-hydroxylation sites is 1. The first-order chi connectivity index (χ1) is 14.0. The number of aryl methyl sites for hydroxylation is 1. The van der Waals surface area contributed by atoms with E-state index in [4.69, 9.17) is 14.7 Å². The van der Waals surface area contributed by atoms with E-state index < -0.39 is 5.97 Å². The van der Waals surface area contributed by atoms with Crippen molar-refractivity contribution in [3.8, 4) is 10.7 Å². The number of hydrogen-bond acceptors (Lipinski definition) is 7. The van der Waals surface area contributed by atoms with Gasteiger partial charge in [-0.1, -0.05) is 6.07 Å². The summed E-state index contributed by atoms with van der Waals surface area (Å²) >= 11 is -0.182. The Morgan fingerprint density at radius 1 is 1.24 bits per heavy atom. The summed E-state index contributed by atoms with van der Waals surface area (Å²) in [5.74, 6) is 1.36. The van der Waals surface area contributed by atoms with E-state index in [9.17, 15) is 4.79 Å². The van der Waals surface area contributed by atoms with E-state index in [1.807, 2.05) is 49.2 Å². The van der Waals surface area contributed by atoms with Gasteiger partial charge >= 0.3 is 169 Å². The number of aromatic nitrogens is 2. The summed E-state index contributed by atoms with van der Waals surface area (Å²) in [4.78, 5) is 25.6. The molecule has 0 spiro atoms. The third-order valence-electron chi connectivity index (χ3n) is 4.29. The first kappa shape index (κ1) is 20.6. The molecule has 0 saturated heterocycles. The van der Waals surface area contributed by atoms with Gasteiger partial charge in [0.25, 0.3) is 0 Å². The Balaban J connectivity index is 1.95. The molecule has 1 heterocycles. The van der Waals surface area contributed by atoms with Crippen molar-refractivity contribution in [2.75, 3.05) is 25.7 Å². The Labute approximate surface area is 175 Å². The number of carbonyl (C=O) groups excluding carboxylic acids is 1. The molecule has 0 unspecified atom stereocenters. The zero-order valence-corrected chi connectivity index (χ0v) is 18.1. The predicted molar refractivity (Wildman–Crippen MR) is 112 cm³/mol. The molecule has 0 bridgehead atoms. The van der Waals surface area contributed by atoms with Crippen LogP contribution in [0.3, 0.4) is 0 Å². The maximum absolute atomic E-state index is 12.5. The number of methoxy groups -OCH3 is 1. The van der Waals surface area contributed by atoms with Gasteiger partial charge in [0, 0.05) is 0 Å². The summed E-state index contributed by atoms with van der Waals surface area (Å²) in [5, 5.41) is 10.1. The molecule has 7 nitrogen and oxygen atoms in total. The molecule has 2 aromatic carbocycles. The average molecular weight is 455 g/mol. The second kappa shape index (κ2) is 9.37. The van der Waals surface area contributed by atoms with Crippen LogP contribution in [0.2, 0.25) is 5.32 Å². The summed E-state index contributed by atoms with van der Waals surface area (Å²) in [6, 6.07) is 13.1. The molecular weight excluding hydrogens is 435 g/mol. The number of hydrogen-bond donors (Lipinski definition) is 0.